The number of ether oxygens (including phenoxy) is 2. The molecule has 1 N–H and O–H groups in total. The SMILES string of the molecule is CC(C)[C@H]1OCC[C@@H]1CNC(=O)C[C@@H]1CCCCO1. The van der Waals surface area contributed by atoms with E-state index in [-0.39, 0.29) is 12.0 Å². The van der Waals surface area contributed by atoms with E-state index in [4.69, 9.17) is 9.47 Å². The van der Waals surface area contributed by atoms with Crippen LogP contribution in [0, 0.1) is 11.8 Å². The molecule has 0 aromatic rings. The quantitative estimate of drug-likeness (QED) is 0.831. The predicted octanol–water partition coefficient (Wildman–Crippen LogP) is 2.12. The Kier molecular flexibility index (Phi) is 5.64. The second-order valence-electron chi connectivity index (χ2n) is 6.12. The van der Waals surface area contributed by atoms with Crippen LogP contribution >= 0.6 is 0 Å². The molecule has 0 saturated carbocycles. The highest BCUT2D eigenvalue weighted by Crippen LogP contribution is 2.26. The largest absolute Gasteiger partial charge is 0.378 e. The summed E-state index contributed by atoms with van der Waals surface area (Å²) in [5.74, 6) is 1.11. The second kappa shape index (κ2) is 7.25. The van der Waals surface area contributed by atoms with Gasteiger partial charge in [-0.2, -0.15) is 0 Å². The van der Waals surface area contributed by atoms with Crippen LogP contribution in [-0.4, -0.2) is 37.9 Å². The fourth-order valence-corrected chi connectivity index (χ4v) is 3.10. The lowest BCUT2D eigenvalue weighted by Gasteiger charge is -2.24. The van der Waals surface area contributed by atoms with E-state index < -0.39 is 0 Å². The van der Waals surface area contributed by atoms with Crippen LogP contribution in [0.15, 0.2) is 0 Å². The Morgan fingerprint density at radius 1 is 1.21 bits per heavy atom. The first kappa shape index (κ1) is 14.8. The molecule has 0 aromatic carbocycles. The smallest absolute Gasteiger partial charge is 0.222 e. The molecule has 0 aromatic heterocycles. The van der Waals surface area contributed by atoms with Crippen LogP contribution in [0.1, 0.15) is 46.0 Å². The normalized spacial score (nSPS) is 31.6. The number of hydrogen-bond acceptors (Lipinski definition) is 3. The van der Waals surface area contributed by atoms with Gasteiger partial charge in [0.25, 0.3) is 0 Å². The molecule has 0 aliphatic carbocycles. The molecule has 2 rings (SSSR count). The second-order valence-corrected chi connectivity index (χ2v) is 6.12. The fraction of sp³-hybridized carbons (Fsp3) is 0.933. The van der Waals surface area contributed by atoms with Crippen molar-refractivity contribution in [1.29, 1.82) is 0 Å². The first-order valence-corrected chi connectivity index (χ1v) is 7.66. The summed E-state index contributed by atoms with van der Waals surface area (Å²) in [6, 6.07) is 0. The van der Waals surface area contributed by atoms with Crippen molar-refractivity contribution in [3.63, 3.8) is 0 Å². The van der Waals surface area contributed by atoms with Gasteiger partial charge in [-0.25, -0.2) is 0 Å². The minimum Gasteiger partial charge on any atom is -0.378 e. The van der Waals surface area contributed by atoms with E-state index in [1.165, 1.54) is 6.42 Å². The molecule has 4 heteroatoms. The number of carbonyl (C=O) groups excluding carboxylic acids is 1. The van der Waals surface area contributed by atoms with Gasteiger partial charge in [0.15, 0.2) is 0 Å². The van der Waals surface area contributed by atoms with Gasteiger partial charge in [0.2, 0.25) is 5.91 Å². The molecule has 110 valence electrons. The fourth-order valence-electron chi connectivity index (χ4n) is 3.10. The summed E-state index contributed by atoms with van der Waals surface area (Å²) in [4.78, 5) is 11.9. The molecule has 2 fully saturated rings. The number of amides is 1. The van der Waals surface area contributed by atoms with Crippen LogP contribution < -0.4 is 5.32 Å². The van der Waals surface area contributed by atoms with Crippen molar-refractivity contribution >= 4 is 5.91 Å². The van der Waals surface area contributed by atoms with Gasteiger partial charge in [0.1, 0.15) is 0 Å². The van der Waals surface area contributed by atoms with Gasteiger partial charge < -0.3 is 14.8 Å². The molecule has 2 heterocycles. The zero-order valence-corrected chi connectivity index (χ0v) is 12.2. The van der Waals surface area contributed by atoms with Gasteiger partial charge in [-0.05, 0) is 31.6 Å². The van der Waals surface area contributed by atoms with E-state index >= 15 is 0 Å². The van der Waals surface area contributed by atoms with Crippen molar-refractivity contribution in [3.05, 3.63) is 0 Å². The number of carbonyl (C=O) groups is 1. The van der Waals surface area contributed by atoms with Crippen LogP contribution in [0.4, 0.5) is 0 Å². The minimum atomic E-state index is 0.126. The van der Waals surface area contributed by atoms with Crippen molar-refractivity contribution in [2.75, 3.05) is 19.8 Å². The third-order valence-electron chi connectivity index (χ3n) is 4.17. The van der Waals surface area contributed by atoms with Crippen molar-refractivity contribution in [2.24, 2.45) is 11.8 Å². The first-order chi connectivity index (χ1) is 9.16. The molecular weight excluding hydrogens is 242 g/mol. The first-order valence-electron chi connectivity index (χ1n) is 7.66. The molecule has 0 radical (unpaired) electrons. The van der Waals surface area contributed by atoms with Crippen LogP contribution in [0.25, 0.3) is 0 Å². The van der Waals surface area contributed by atoms with E-state index in [1.807, 2.05) is 0 Å². The molecule has 3 atom stereocenters. The van der Waals surface area contributed by atoms with Gasteiger partial charge in [0, 0.05) is 25.7 Å². The van der Waals surface area contributed by atoms with Crippen molar-refractivity contribution in [3.8, 4) is 0 Å². The predicted molar refractivity (Wildman–Crippen MR) is 73.9 cm³/mol. The van der Waals surface area contributed by atoms with Crippen molar-refractivity contribution in [2.45, 2.75) is 58.2 Å². The Morgan fingerprint density at radius 3 is 2.74 bits per heavy atom. The molecule has 1 amide bonds. The molecule has 2 aliphatic heterocycles. The topological polar surface area (TPSA) is 47.6 Å². The molecule has 19 heavy (non-hydrogen) atoms. The number of hydrogen-bond donors (Lipinski definition) is 1. The highest BCUT2D eigenvalue weighted by atomic mass is 16.5. The van der Waals surface area contributed by atoms with E-state index in [0.29, 0.717) is 24.4 Å². The molecule has 0 bridgehead atoms. The Bertz CT molecular complexity index is 287. The monoisotopic (exact) mass is 269 g/mol. The zero-order chi connectivity index (χ0) is 13.7. The van der Waals surface area contributed by atoms with Gasteiger partial charge >= 0.3 is 0 Å². The molecular formula is C15H27NO3. The summed E-state index contributed by atoms with van der Waals surface area (Å²) in [6.45, 7) is 6.74. The lowest BCUT2D eigenvalue weighted by atomic mass is 9.93. The highest BCUT2D eigenvalue weighted by molar-refractivity contribution is 5.76. The van der Waals surface area contributed by atoms with Crippen molar-refractivity contribution in [1.82, 2.24) is 5.32 Å². The van der Waals surface area contributed by atoms with Crippen LogP contribution in [0.5, 0.6) is 0 Å². The maximum atomic E-state index is 11.9. The Balaban J connectivity index is 1.68. The van der Waals surface area contributed by atoms with Gasteiger partial charge in [0.05, 0.1) is 18.6 Å². The Hall–Kier alpha value is -0.610. The van der Waals surface area contributed by atoms with Crippen LogP contribution in [-0.2, 0) is 14.3 Å². The van der Waals surface area contributed by atoms with E-state index in [0.717, 1.165) is 39.0 Å². The number of rotatable bonds is 5. The zero-order valence-electron chi connectivity index (χ0n) is 12.2. The van der Waals surface area contributed by atoms with E-state index in [1.54, 1.807) is 0 Å². The van der Waals surface area contributed by atoms with Crippen LogP contribution in [0.2, 0.25) is 0 Å². The third-order valence-corrected chi connectivity index (χ3v) is 4.17. The summed E-state index contributed by atoms with van der Waals surface area (Å²) < 4.78 is 11.3. The average Bonchev–Trinajstić information content (AvgIpc) is 2.86. The molecule has 0 spiro atoms. The van der Waals surface area contributed by atoms with Gasteiger partial charge in [-0.3, -0.25) is 4.79 Å². The van der Waals surface area contributed by atoms with Gasteiger partial charge in [-0.15, -0.1) is 0 Å². The highest BCUT2D eigenvalue weighted by Gasteiger charge is 2.30. The van der Waals surface area contributed by atoms with Crippen LogP contribution in [0.3, 0.4) is 0 Å². The maximum absolute atomic E-state index is 11.9. The lowest BCUT2D eigenvalue weighted by Crippen LogP contribution is -2.37. The van der Waals surface area contributed by atoms with Crippen molar-refractivity contribution < 1.29 is 14.3 Å². The average molecular weight is 269 g/mol. The maximum Gasteiger partial charge on any atom is 0.222 e. The van der Waals surface area contributed by atoms with E-state index in [9.17, 15) is 4.79 Å². The summed E-state index contributed by atoms with van der Waals surface area (Å²) in [6.07, 6.45) is 5.34. The molecule has 4 nitrogen and oxygen atoms in total. The third kappa shape index (κ3) is 4.46. The summed E-state index contributed by atoms with van der Waals surface area (Å²) >= 11 is 0. The molecule has 2 saturated heterocycles. The summed E-state index contributed by atoms with van der Waals surface area (Å²) in [5, 5.41) is 3.06. The summed E-state index contributed by atoms with van der Waals surface area (Å²) in [5.41, 5.74) is 0. The Morgan fingerprint density at radius 2 is 2.05 bits per heavy atom. The molecule has 0 unspecified atom stereocenters. The van der Waals surface area contributed by atoms with Gasteiger partial charge in [-0.1, -0.05) is 13.8 Å². The standard InChI is InChI=1S/C15H27NO3/c1-11(2)15-12(6-8-19-15)10-16-14(17)9-13-5-3-4-7-18-13/h11-13,15H,3-10H2,1-2H3,(H,16,17)/t12-,13+,15-/m1/s1. The van der Waals surface area contributed by atoms with E-state index in [2.05, 4.69) is 19.2 Å². The summed E-state index contributed by atoms with van der Waals surface area (Å²) in [7, 11) is 0. The molecule has 2 aliphatic rings. The number of nitrogens with one attached hydrogen (secondary N) is 1. The minimum absolute atomic E-state index is 0.126. The lowest BCUT2D eigenvalue weighted by molar-refractivity contribution is -0.125. The Labute approximate surface area is 116 Å².